The highest BCUT2D eigenvalue weighted by Crippen LogP contribution is 2.23. The summed E-state index contributed by atoms with van der Waals surface area (Å²) in [4.78, 5) is 12.1. The first-order valence-electron chi connectivity index (χ1n) is 6.90. The van der Waals surface area contributed by atoms with Crippen LogP contribution in [0.3, 0.4) is 0 Å². The Balaban J connectivity index is 1.70. The van der Waals surface area contributed by atoms with E-state index in [-0.39, 0.29) is 12.3 Å². The van der Waals surface area contributed by atoms with E-state index >= 15 is 0 Å². The summed E-state index contributed by atoms with van der Waals surface area (Å²) in [6.07, 6.45) is 0.284. The summed E-state index contributed by atoms with van der Waals surface area (Å²) in [7, 11) is 0. The Labute approximate surface area is 132 Å². The number of aryl methyl sites for hydroxylation is 3. The fraction of sp³-hybridized carbons (Fsp3) is 0.267. The Morgan fingerprint density at radius 3 is 2.86 bits per heavy atom. The molecule has 0 aliphatic carbocycles. The number of fused-ring (bicyclic) bond motifs is 1. The van der Waals surface area contributed by atoms with Crippen molar-refractivity contribution >= 4 is 34.1 Å². The molecule has 1 amide bonds. The smallest absolute Gasteiger partial charge is 0.226 e. The van der Waals surface area contributed by atoms with E-state index in [0.29, 0.717) is 28.8 Å². The number of para-hydroxylation sites is 1. The number of aromatic nitrogens is 3. The van der Waals surface area contributed by atoms with Crippen LogP contribution in [0.5, 0.6) is 0 Å². The van der Waals surface area contributed by atoms with Gasteiger partial charge in [0.2, 0.25) is 5.91 Å². The summed E-state index contributed by atoms with van der Waals surface area (Å²) in [5.74, 6) is 0.475. The van der Waals surface area contributed by atoms with E-state index in [1.54, 1.807) is 18.5 Å². The molecular formula is C15H15ClN4O2. The fourth-order valence-corrected chi connectivity index (χ4v) is 2.58. The van der Waals surface area contributed by atoms with Crippen molar-refractivity contribution in [3.63, 3.8) is 0 Å². The van der Waals surface area contributed by atoms with Gasteiger partial charge in [-0.05, 0) is 26.0 Å². The van der Waals surface area contributed by atoms with E-state index in [0.717, 1.165) is 10.9 Å². The summed E-state index contributed by atoms with van der Waals surface area (Å²) in [6, 6.07) is 7.66. The van der Waals surface area contributed by atoms with E-state index in [4.69, 9.17) is 16.1 Å². The Hall–Kier alpha value is -2.34. The molecule has 2 aromatic heterocycles. The minimum Gasteiger partial charge on any atom is -0.359 e. The number of amides is 1. The average Bonchev–Trinajstić information content (AvgIpc) is 3.00. The van der Waals surface area contributed by atoms with Gasteiger partial charge in [0, 0.05) is 11.8 Å². The van der Waals surface area contributed by atoms with Crippen LogP contribution in [0.25, 0.3) is 10.9 Å². The highest BCUT2D eigenvalue weighted by atomic mass is 35.5. The molecule has 7 heteroatoms. The first kappa shape index (κ1) is 14.6. The van der Waals surface area contributed by atoms with Crippen LogP contribution in [0, 0.1) is 13.8 Å². The van der Waals surface area contributed by atoms with Crippen LogP contribution < -0.4 is 5.32 Å². The number of nitrogens with one attached hydrogen (secondary N) is 1. The Bertz CT molecular complexity index is 818. The molecule has 3 rings (SSSR count). The highest BCUT2D eigenvalue weighted by Gasteiger charge is 2.13. The second kappa shape index (κ2) is 5.81. The number of rotatable bonds is 4. The number of nitrogens with zero attached hydrogens (tertiary/aromatic N) is 3. The lowest BCUT2D eigenvalue weighted by Gasteiger charge is -2.05. The Morgan fingerprint density at radius 1 is 1.36 bits per heavy atom. The van der Waals surface area contributed by atoms with Gasteiger partial charge in [0.1, 0.15) is 11.4 Å². The number of benzene rings is 1. The lowest BCUT2D eigenvalue weighted by atomic mass is 10.2. The molecule has 0 fully saturated rings. The van der Waals surface area contributed by atoms with Crippen LogP contribution in [-0.2, 0) is 11.3 Å². The molecule has 0 saturated heterocycles. The number of halogens is 1. The molecule has 1 aromatic carbocycles. The topological polar surface area (TPSA) is 73.0 Å². The molecule has 114 valence electrons. The zero-order valence-electron chi connectivity index (χ0n) is 12.3. The van der Waals surface area contributed by atoms with Gasteiger partial charge < -0.3 is 9.84 Å². The van der Waals surface area contributed by atoms with Gasteiger partial charge in [-0.3, -0.25) is 9.48 Å². The van der Waals surface area contributed by atoms with Gasteiger partial charge >= 0.3 is 0 Å². The first-order valence-corrected chi connectivity index (χ1v) is 7.28. The standard InChI is InChI=1S/C15H15ClN4O2/c1-9-14(10(2)22-19-9)17-13(21)7-8-20-12-6-4-3-5-11(12)15(16)18-20/h3-6H,7-8H2,1-2H3,(H,17,21). The van der Waals surface area contributed by atoms with Crippen molar-refractivity contribution in [3.8, 4) is 0 Å². The van der Waals surface area contributed by atoms with Gasteiger partial charge in [-0.25, -0.2) is 0 Å². The molecule has 22 heavy (non-hydrogen) atoms. The first-order chi connectivity index (χ1) is 10.6. The van der Waals surface area contributed by atoms with E-state index < -0.39 is 0 Å². The molecule has 0 bridgehead atoms. The molecule has 6 nitrogen and oxygen atoms in total. The SMILES string of the molecule is Cc1noc(C)c1NC(=O)CCn1nc(Cl)c2ccccc21. The summed E-state index contributed by atoms with van der Waals surface area (Å²) >= 11 is 6.10. The lowest BCUT2D eigenvalue weighted by molar-refractivity contribution is -0.116. The maximum absolute atomic E-state index is 12.1. The van der Waals surface area contributed by atoms with E-state index in [1.165, 1.54) is 0 Å². The Kier molecular flexibility index (Phi) is 3.85. The van der Waals surface area contributed by atoms with Gasteiger partial charge in [0.05, 0.1) is 12.1 Å². The van der Waals surface area contributed by atoms with Crippen molar-refractivity contribution in [1.82, 2.24) is 14.9 Å². The molecule has 0 aliphatic heterocycles. The van der Waals surface area contributed by atoms with E-state index in [1.807, 2.05) is 24.3 Å². The van der Waals surface area contributed by atoms with Crippen molar-refractivity contribution in [2.24, 2.45) is 0 Å². The fourth-order valence-electron chi connectivity index (χ4n) is 2.33. The van der Waals surface area contributed by atoms with E-state index in [2.05, 4.69) is 15.6 Å². The number of hydrogen-bond donors (Lipinski definition) is 1. The minimum atomic E-state index is -0.120. The normalized spacial score (nSPS) is 11.0. The maximum atomic E-state index is 12.1. The molecule has 0 spiro atoms. The highest BCUT2D eigenvalue weighted by molar-refractivity contribution is 6.34. The van der Waals surface area contributed by atoms with Crippen molar-refractivity contribution < 1.29 is 9.32 Å². The average molecular weight is 319 g/mol. The van der Waals surface area contributed by atoms with Gasteiger partial charge in [0.25, 0.3) is 0 Å². The predicted octanol–water partition coefficient (Wildman–Crippen LogP) is 3.32. The second-order valence-corrected chi connectivity index (χ2v) is 5.39. The summed E-state index contributed by atoms with van der Waals surface area (Å²) < 4.78 is 6.76. The van der Waals surface area contributed by atoms with Crippen molar-refractivity contribution in [2.75, 3.05) is 5.32 Å². The molecule has 3 aromatic rings. The summed E-state index contributed by atoms with van der Waals surface area (Å²) in [6.45, 7) is 3.99. The molecule has 0 aliphatic rings. The molecule has 0 unspecified atom stereocenters. The molecule has 0 atom stereocenters. The van der Waals surface area contributed by atoms with Gasteiger partial charge in [-0.15, -0.1) is 0 Å². The minimum absolute atomic E-state index is 0.120. The molecular weight excluding hydrogens is 304 g/mol. The van der Waals surface area contributed by atoms with Crippen LogP contribution >= 0.6 is 11.6 Å². The van der Waals surface area contributed by atoms with Crippen molar-refractivity contribution in [1.29, 1.82) is 0 Å². The van der Waals surface area contributed by atoms with Crippen LogP contribution in [0.2, 0.25) is 5.15 Å². The molecule has 2 heterocycles. The molecule has 1 N–H and O–H groups in total. The maximum Gasteiger partial charge on any atom is 0.226 e. The van der Waals surface area contributed by atoms with Crippen LogP contribution in [0.15, 0.2) is 28.8 Å². The monoisotopic (exact) mass is 318 g/mol. The van der Waals surface area contributed by atoms with Crippen LogP contribution in [0.1, 0.15) is 17.9 Å². The molecule has 0 saturated carbocycles. The zero-order valence-corrected chi connectivity index (χ0v) is 13.0. The molecule has 0 radical (unpaired) electrons. The number of carbonyl (C=O) groups excluding carboxylic acids is 1. The van der Waals surface area contributed by atoms with Gasteiger partial charge in [-0.2, -0.15) is 5.10 Å². The summed E-state index contributed by atoms with van der Waals surface area (Å²) in [5.41, 5.74) is 2.21. The quantitative estimate of drug-likeness (QED) is 0.801. The third-order valence-corrected chi connectivity index (χ3v) is 3.74. The third-order valence-electron chi connectivity index (χ3n) is 3.46. The van der Waals surface area contributed by atoms with Crippen LogP contribution in [0.4, 0.5) is 5.69 Å². The van der Waals surface area contributed by atoms with Gasteiger partial charge in [-0.1, -0.05) is 28.9 Å². The van der Waals surface area contributed by atoms with Gasteiger partial charge in [0.15, 0.2) is 10.9 Å². The number of hydrogen-bond acceptors (Lipinski definition) is 4. The summed E-state index contributed by atoms with van der Waals surface area (Å²) in [5, 5.41) is 12.2. The van der Waals surface area contributed by atoms with Crippen molar-refractivity contribution in [2.45, 2.75) is 26.8 Å². The van der Waals surface area contributed by atoms with E-state index in [9.17, 15) is 4.79 Å². The van der Waals surface area contributed by atoms with Crippen molar-refractivity contribution in [3.05, 3.63) is 40.9 Å². The number of anilines is 1. The number of carbonyl (C=O) groups is 1. The zero-order chi connectivity index (χ0) is 15.7. The third kappa shape index (κ3) is 2.69. The largest absolute Gasteiger partial charge is 0.359 e. The Morgan fingerprint density at radius 2 is 2.14 bits per heavy atom. The second-order valence-electron chi connectivity index (χ2n) is 5.03. The predicted molar refractivity (Wildman–Crippen MR) is 84.0 cm³/mol. The van der Waals surface area contributed by atoms with Crippen LogP contribution in [-0.4, -0.2) is 20.8 Å². The lowest BCUT2D eigenvalue weighted by Crippen LogP contribution is -2.15.